The van der Waals surface area contributed by atoms with Gasteiger partial charge in [0.05, 0.1) is 13.2 Å². The molecule has 0 rings (SSSR count). The fourth-order valence-electron chi connectivity index (χ4n) is 2.08. The van der Waals surface area contributed by atoms with Crippen molar-refractivity contribution in [2.24, 2.45) is 0 Å². The highest BCUT2D eigenvalue weighted by atomic mass is 16.4. The fraction of sp³-hybridized carbons (Fsp3) is 0.526. The summed E-state index contributed by atoms with van der Waals surface area (Å²) in [7, 11) is 0. The normalized spacial score (nSPS) is 13.3. The largest absolute Gasteiger partial charge is 0.478 e. The minimum Gasteiger partial charge on any atom is -0.478 e. The number of aliphatic hydroxyl groups excluding tert-OH is 2. The number of rotatable bonds is 12. The van der Waals surface area contributed by atoms with E-state index >= 15 is 0 Å². The van der Waals surface area contributed by atoms with Crippen molar-refractivity contribution in [1.29, 1.82) is 0 Å². The van der Waals surface area contributed by atoms with Crippen molar-refractivity contribution in [3.8, 4) is 0 Å². The molecule has 0 heterocycles. The van der Waals surface area contributed by atoms with Crippen LogP contribution in [0.3, 0.4) is 0 Å². The van der Waals surface area contributed by atoms with Gasteiger partial charge in [-0.25, -0.2) is 4.79 Å². The molecule has 23 heavy (non-hydrogen) atoms. The molecule has 0 aliphatic heterocycles. The number of carboxylic acid groups (broad SMARTS) is 1. The third-order valence-electron chi connectivity index (χ3n) is 3.57. The molecule has 0 spiro atoms. The van der Waals surface area contributed by atoms with E-state index < -0.39 is 5.97 Å². The summed E-state index contributed by atoms with van der Waals surface area (Å²) < 4.78 is 0. The van der Waals surface area contributed by atoms with Crippen molar-refractivity contribution in [3.63, 3.8) is 0 Å². The van der Waals surface area contributed by atoms with Crippen LogP contribution in [0.2, 0.25) is 0 Å². The van der Waals surface area contributed by atoms with Crippen LogP contribution in [0.25, 0.3) is 0 Å². The topological polar surface area (TPSA) is 77.8 Å². The Kier molecular flexibility index (Phi) is 11.9. The molecule has 0 fully saturated rings. The zero-order valence-electron chi connectivity index (χ0n) is 14.3. The lowest BCUT2D eigenvalue weighted by Gasteiger charge is -2.05. The predicted molar refractivity (Wildman–Crippen MR) is 94.2 cm³/mol. The molecule has 0 bridgehead atoms. The van der Waals surface area contributed by atoms with Crippen LogP contribution in [-0.2, 0) is 4.79 Å². The summed E-state index contributed by atoms with van der Waals surface area (Å²) in [6, 6.07) is 0. The van der Waals surface area contributed by atoms with E-state index in [1.165, 1.54) is 0 Å². The van der Waals surface area contributed by atoms with Crippen molar-refractivity contribution in [2.45, 2.75) is 52.4 Å². The number of aliphatic hydroxyl groups is 2. The van der Waals surface area contributed by atoms with E-state index in [4.69, 9.17) is 5.11 Å². The molecular weight excluding hydrogens is 292 g/mol. The first-order valence-electron chi connectivity index (χ1n) is 8.02. The van der Waals surface area contributed by atoms with Gasteiger partial charge in [0.1, 0.15) is 0 Å². The Bertz CT molecular complexity index is 470. The molecule has 0 saturated carbocycles. The lowest BCUT2D eigenvalue weighted by molar-refractivity contribution is -0.132. The highest BCUT2D eigenvalue weighted by molar-refractivity contribution is 5.86. The van der Waals surface area contributed by atoms with Gasteiger partial charge in [-0.15, -0.1) is 6.58 Å². The number of hydrogen-bond donors (Lipinski definition) is 3. The summed E-state index contributed by atoms with van der Waals surface area (Å²) in [6.45, 7) is 7.68. The van der Waals surface area contributed by atoms with Gasteiger partial charge >= 0.3 is 5.97 Å². The molecule has 0 unspecified atom stereocenters. The van der Waals surface area contributed by atoms with Crippen molar-refractivity contribution in [3.05, 3.63) is 47.1 Å². The Morgan fingerprint density at radius 1 is 0.957 bits per heavy atom. The molecule has 0 saturated heterocycles. The average molecular weight is 322 g/mol. The Morgan fingerprint density at radius 3 is 2.13 bits per heavy atom. The van der Waals surface area contributed by atoms with Crippen LogP contribution in [0.4, 0.5) is 0 Å². The highest BCUT2D eigenvalue weighted by Crippen LogP contribution is 2.15. The number of hydrogen-bond acceptors (Lipinski definition) is 3. The number of carboxylic acids is 1. The second-order valence-electron chi connectivity index (χ2n) is 5.82. The van der Waals surface area contributed by atoms with E-state index in [1.807, 2.05) is 19.9 Å². The lowest BCUT2D eigenvalue weighted by atomic mass is 10.0. The first kappa shape index (κ1) is 21.4. The molecule has 0 aromatic carbocycles. The summed E-state index contributed by atoms with van der Waals surface area (Å²) >= 11 is 0. The van der Waals surface area contributed by atoms with Crippen molar-refractivity contribution in [2.75, 3.05) is 13.2 Å². The molecule has 0 radical (unpaired) electrons. The third-order valence-corrected chi connectivity index (χ3v) is 3.57. The third kappa shape index (κ3) is 11.6. The van der Waals surface area contributed by atoms with E-state index in [2.05, 4.69) is 6.58 Å². The van der Waals surface area contributed by atoms with E-state index in [9.17, 15) is 15.0 Å². The van der Waals surface area contributed by atoms with Gasteiger partial charge in [0.2, 0.25) is 0 Å². The van der Waals surface area contributed by atoms with Crippen molar-refractivity contribution >= 4 is 5.97 Å². The minimum absolute atomic E-state index is 0.00915. The Morgan fingerprint density at radius 2 is 1.61 bits per heavy atom. The molecule has 0 aliphatic rings. The Labute approximate surface area is 139 Å². The maximum atomic E-state index is 11.2. The van der Waals surface area contributed by atoms with E-state index in [0.29, 0.717) is 31.3 Å². The standard InChI is InChI=1S/C19H30O4/c1-15(2)10-11-18(19(22)23)9-5-8-17(14-21)7-4-6-16(3)12-13-20/h7,9,12,20-21H,1,4-6,8,10-11,13-14H2,2-3H3,(H,22,23)/b16-12-,17-7-,18-9-. The van der Waals surface area contributed by atoms with Gasteiger partial charge < -0.3 is 15.3 Å². The first-order valence-corrected chi connectivity index (χ1v) is 8.02. The van der Waals surface area contributed by atoms with Gasteiger partial charge in [0, 0.05) is 5.57 Å². The van der Waals surface area contributed by atoms with E-state index in [1.54, 1.807) is 12.2 Å². The van der Waals surface area contributed by atoms with Crippen LogP contribution in [0.5, 0.6) is 0 Å². The molecule has 4 nitrogen and oxygen atoms in total. The fourth-order valence-corrected chi connectivity index (χ4v) is 2.08. The quantitative estimate of drug-likeness (QED) is 0.377. The predicted octanol–water partition coefficient (Wildman–Crippen LogP) is 3.77. The van der Waals surface area contributed by atoms with Gasteiger partial charge in [0.25, 0.3) is 0 Å². The van der Waals surface area contributed by atoms with Gasteiger partial charge in [-0.05, 0) is 57.9 Å². The van der Waals surface area contributed by atoms with Gasteiger partial charge in [-0.2, -0.15) is 0 Å². The minimum atomic E-state index is -0.884. The SMILES string of the molecule is C=C(C)CC/C(=C/CC/C(=C/CC/C(C)=C\CO)CO)C(=O)O. The second-order valence-corrected chi connectivity index (χ2v) is 5.82. The number of aliphatic carboxylic acids is 1. The highest BCUT2D eigenvalue weighted by Gasteiger charge is 2.06. The van der Waals surface area contributed by atoms with Crippen LogP contribution >= 0.6 is 0 Å². The molecule has 4 heteroatoms. The lowest BCUT2D eigenvalue weighted by Crippen LogP contribution is -2.01. The van der Waals surface area contributed by atoms with E-state index in [0.717, 1.165) is 29.6 Å². The number of carbonyl (C=O) groups is 1. The van der Waals surface area contributed by atoms with Gasteiger partial charge in [-0.3, -0.25) is 0 Å². The maximum absolute atomic E-state index is 11.2. The van der Waals surface area contributed by atoms with Crippen molar-refractivity contribution < 1.29 is 20.1 Å². The molecule has 0 aliphatic carbocycles. The molecule has 0 aromatic heterocycles. The Hall–Kier alpha value is -1.65. The summed E-state index contributed by atoms with van der Waals surface area (Å²) in [6.07, 6.45) is 9.60. The second kappa shape index (κ2) is 12.9. The zero-order chi connectivity index (χ0) is 17.7. The molecular formula is C19H30O4. The zero-order valence-corrected chi connectivity index (χ0v) is 14.3. The van der Waals surface area contributed by atoms with Crippen LogP contribution in [0.1, 0.15) is 52.4 Å². The summed E-state index contributed by atoms with van der Waals surface area (Å²) in [5, 5.41) is 27.3. The van der Waals surface area contributed by atoms with Crippen LogP contribution < -0.4 is 0 Å². The first-order chi connectivity index (χ1) is 10.9. The smallest absolute Gasteiger partial charge is 0.331 e. The monoisotopic (exact) mass is 322 g/mol. The summed E-state index contributed by atoms with van der Waals surface area (Å²) in [5.74, 6) is -0.884. The Balaban J connectivity index is 4.45. The summed E-state index contributed by atoms with van der Waals surface area (Å²) in [5.41, 5.74) is 3.42. The number of allylic oxidation sites excluding steroid dienone is 4. The maximum Gasteiger partial charge on any atom is 0.331 e. The van der Waals surface area contributed by atoms with Crippen LogP contribution in [0.15, 0.2) is 47.1 Å². The molecule has 0 atom stereocenters. The van der Waals surface area contributed by atoms with Crippen molar-refractivity contribution in [1.82, 2.24) is 0 Å². The van der Waals surface area contributed by atoms with Crippen LogP contribution in [0, 0.1) is 0 Å². The summed E-state index contributed by atoms with van der Waals surface area (Å²) in [4.78, 5) is 11.2. The van der Waals surface area contributed by atoms with E-state index in [-0.39, 0.29) is 13.2 Å². The van der Waals surface area contributed by atoms with Gasteiger partial charge in [0.15, 0.2) is 0 Å². The van der Waals surface area contributed by atoms with Crippen LogP contribution in [-0.4, -0.2) is 34.5 Å². The molecule has 130 valence electrons. The average Bonchev–Trinajstić information content (AvgIpc) is 2.48. The molecule has 0 amide bonds. The molecule has 3 N–H and O–H groups in total. The molecule has 0 aromatic rings. The van der Waals surface area contributed by atoms with Gasteiger partial charge in [-0.1, -0.05) is 29.4 Å².